The van der Waals surface area contributed by atoms with Crippen molar-refractivity contribution in [3.8, 4) is 0 Å². The Labute approximate surface area is 284 Å². The Hall–Kier alpha value is -1.22. The molecule has 0 N–H and O–H groups in total. The number of amides is 2. The Kier molecular flexibility index (Phi) is 21.6. The molecule has 2 amide bonds. The van der Waals surface area contributed by atoms with Gasteiger partial charge in [0.25, 0.3) is 0 Å². The fourth-order valence-electron chi connectivity index (χ4n) is 6.19. The summed E-state index contributed by atoms with van der Waals surface area (Å²) in [6.07, 6.45) is 10.8. The standard InChI is InChI=1S/2C19H37NO3/c2*1-14(2)9-7-8-10-19(21)20-12-18(23-16(5)6)11-17(20)13-22-15(3)4/h2*14-18H,7-13H2,1-6H3/t17-,18+;/m0./s1. The summed E-state index contributed by atoms with van der Waals surface area (Å²) in [6, 6.07) is 0.331. The average molecular weight is 655 g/mol. The zero-order chi connectivity index (χ0) is 34.8. The SMILES string of the molecule is CC(C)CCCCC(=O)N1CC(OC(C)C)CC1COC(C)C.CC(C)CCCCC(=O)N1C[C@H](OC(C)C)C[C@H]1COC(C)C. The van der Waals surface area contributed by atoms with E-state index >= 15 is 0 Å². The fourth-order valence-corrected chi connectivity index (χ4v) is 6.19. The summed E-state index contributed by atoms with van der Waals surface area (Å²) < 4.78 is 23.4. The van der Waals surface area contributed by atoms with Crippen LogP contribution in [0.2, 0.25) is 0 Å². The number of likely N-dealkylation sites (tertiary alicyclic amines) is 2. The lowest BCUT2D eigenvalue weighted by Crippen LogP contribution is -2.39. The fraction of sp³-hybridized carbons (Fsp3) is 0.947. The number of carbonyl (C=O) groups is 2. The van der Waals surface area contributed by atoms with Gasteiger partial charge in [0.1, 0.15) is 0 Å². The van der Waals surface area contributed by atoms with Gasteiger partial charge in [0.05, 0.1) is 61.9 Å². The van der Waals surface area contributed by atoms with Crippen molar-refractivity contribution in [1.29, 1.82) is 0 Å². The molecule has 0 aliphatic carbocycles. The molecule has 2 saturated heterocycles. The third kappa shape index (κ3) is 18.9. The van der Waals surface area contributed by atoms with Gasteiger partial charge < -0.3 is 28.7 Å². The van der Waals surface area contributed by atoms with E-state index in [9.17, 15) is 9.59 Å². The van der Waals surface area contributed by atoms with Crippen molar-refractivity contribution >= 4 is 11.8 Å². The van der Waals surface area contributed by atoms with Gasteiger partial charge in [-0.15, -0.1) is 0 Å². The number of rotatable bonds is 20. The summed E-state index contributed by atoms with van der Waals surface area (Å²) in [4.78, 5) is 29.2. The first-order valence-electron chi connectivity index (χ1n) is 18.7. The van der Waals surface area contributed by atoms with E-state index in [0.29, 0.717) is 51.0 Å². The lowest BCUT2D eigenvalue weighted by molar-refractivity contribution is -0.134. The van der Waals surface area contributed by atoms with Crippen LogP contribution in [0.5, 0.6) is 0 Å². The smallest absolute Gasteiger partial charge is 0.222 e. The molecule has 0 spiro atoms. The minimum absolute atomic E-state index is 0.148. The molecule has 0 radical (unpaired) electrons. The van der Waals surface area contributed by atoms with Crippen molar-refractivity contribution in [3.63, 3.8) is 0 Å². The highest BCUT2D eigenvalue weighted by Gasteiger charge is 2.37. The molecule has 8 heteroatoms. The quantitative estimate of drug-likeness (QED) is 0.124. The lowest BCUT2D eigenvalue weighted by atomic mass is 10.1. The van der Waals surface area contributed by atoms with E-state index < -0.39 is 0 Å². The number of ether oxygens (including phenoxy) is 4. The van der Waals surface area contributed by atoms with Crippen molar-refractivity contribution in [3.05, 3.63) is 0 Å². The molecule has 46 heavy (non-hydrogen) atoms. The number of nitrogens with zero attached hydrogens (tertiary/aromatic N) is 2. The van der Waals surface area contributed by atoms with E-state index in [1.807, 2.05) is 37.5 Å². The first kappa shape index (κ1) is 42.8. The van der Waals surface area contributed by atoms with Crippen LogP contribution in [0.25, 0.3) is 0 Å². The largest absolute Gasteiger partial charge is 0.377 e. The minimum Gasteiger partial charge on any atom is -0.377 e. The van der Waals surface area contributed by atoms with Crippen LogP contribution in [0.4, 0.5) is 0 Å². The van der Waals surface area contributed by atoms with E-state index in [0.717, 1.165) is 38.5 Å². The second-order valence-corrected chi connectivity index (χ2v) is 15.5. The summed E-state index contributed by atoms with van der Waals surface area (Å²) >= 11 is 0. The zero-order valence-electron chi connectivity index (χ0n) is 32.0. The molecule has 0 aromatic carbocycles. The zero-order valence-corrected chi connectivity index (χ0v) is 32.0. The topological polar surface area (TPSA) is 77.5 Å². The minimum atomic E-state index is 0.148. The summed E-state index contributed by atoms with van der Waals surface area (Å²) in [5.74, 6) is 1.96. The van der Waals surface area contributed by atoms with Gasteiger partial charge in [0.15, 0.2) is 0 Å². The maximum absolute atomic E-state index is 12.6. The Morgan fingerprint density at radius 3 is 1.17 bits per heavy atom. The Balaban J connectivity index is 0.000000460. The molecule has 0 aromatic rings. The molecule has 272 valence electrons. The monoisotopic (exact) mass is 655 g/mol. The van der Waals surface area contributed by atoms with E-state index in [1.54, 1.807) is 0 Å². The number of hydrogen-bond acceptors (Lipinski definition) is 6. The van der Waals surface area contributed by atoms with Crippen molar-refractivity contribution in [2.45, 2.75) is 196 Å². The van der Waals surface area contributed by atoms with Gasteiger partial charge >= 0.3 is 0 Å². The first-order chi connectivity index (χ1) is 21.6. The molecular formula is C38H74N2O6. The van der Waals surface area contributed by atoms with E-state index in [4.69, 9.17) is 18.9 Å². The van der Waals surface area contributed by atoms with Gasteiger partial charge in [0, 0.05) is 25.9 Å². The molecule has 2 heterocycles. The molecule has 8 nitrogen and oxygen atoms in total. The molecule has 0 saturated carbocycles. The van der Waals surface area contributed by atoms with Gasteiger partial charge in [-0.05, 0) is 92.9 Å². The van der Waals surface area contributed by atoms with E-state index in [-0.39, 0.29) is 60.5 Å². The molecule has 0 bridgehead atoms. The first-order valence-corrected chi connectivity index (χ1v) is 18.7. The van der Waals surface area contributed by atoms with E-state index in [1.165, 1.54) is 12.8 Å². The third-order valence-electron chi connectivity index (χ3n) is 8.41. The predicted molar refractivity (Wildman–Crippen MR) is 189 cm³/mol. The van der Waals surface area contributed by atoms with Crippen LogP contribution in [0, 0.1) is 11.8 Å². The highest BCUT2D eigenvalue weighted by atomic mass is 16.5. The molecule has 4 atom stereocenters. The van der Waals surface area contributed by atoms with Crippen LogP contribution in [0.1, 0.15) is 147 Å². The van der Waals surface area contributed by atoms with Crippen LogP contribution in [-0.2, 0) is 28.5 Å². The molecule has 2 aliphatic rings. The highest BCUT2D eigenvalue weighted by Crippen LogP contribution is 2.25. The van der Waals surface area contributed by atoms with Crippen LogP contribution >= 0.6 is 0 Å². The van der Waals surface area contributed by atoms with Crippen LogP contribution in [0.15, 0.2) is 0 Å². The third-order valence-corrected chi connectivity index (χ3v) is 8.41. The average Bonchev–Trinajstić information content (AvgIpc) is 3.53. The van der Waals surface area contributed by atoms with Crippen LogP contribution in [-0.4, -0.2) is 96.6 Å². The van der Waals surface area contributed by atoms with Crippen LogP contribution < -0.4 is 0 Å². The summed E-state index contributed by atoms with van der Waals surface area (Å²) in [7, 11) is 0. The molecule has 2 fully saturated rings. The summed E-state index contributed by atoms with van der Waals surface area (Å²) in [6.45, 7) is 27.9. The Morgan fingerprint density at radius 2 is 0.891 bits per heavy atom. The summed E-state index contributed by atoms with van der Waals surface area (Å²) in [5.41, 5.74) is 0. The van der Waals surface area contributed by atoms with Gasteiger partial charge in [-0.25, -0.2) is 0 Å². The normalized spacial score (nSPS) is 21.9. The lowest BCUT2D eigenvalue weighted by Gasteiger charge is -2.25. The molecule has 0 aromatic heterocycles. The predicted octanol–water partition coefficient (Wildman–Crippen LogP) is 8.04. The molecule has 2 aliphatic heterocycles. The van der Waals surface area contributed by atoms with Gasteiger partial charge in [-0.1, -0.05) is 53.4 Å². The van der Waals surface area contributed by atoms with Crippen LogP contribution in [0.3, 0.4) is 0 Å². The van der Waals surface area contributed by atoms with Gasteiger partial charge in [-0.2, -0.15) is 0 Å². The molecule has 2 rings (SSSR count). The van der Waals surface area contributed by atoms with Crippen molar-refractivity contribution in [2.75, 3.05) is 26.3 Å². The molecular weight excluding hydrogens is 580 g/mol. The second kappa shape index (κ2) is 23.2. The number of hydrogen-bond donors (Lipinski definition) is 0. The molecule has 2 unspecified atom stereocenters. The number of unbranched alkanes of at least 4 members (excludes halogenated alkanes) is 2. The van der Waals surface area contributed by atoms with Crippen molar-refractivity contribution < 1.29 is 28.5 Å². The van der Waals surface area contributed by atoms with E-state index in [2.05, 4.69) is 55.4 Å². The Bertz CT molecular complexity index is 749. The van der Waals surface area contributed by atoms with Gasteiger partial charge in [-0.3, -0.25) is 9.59 Å². The van der Waals surface area contributed by atoms with Crippen molar-refractivity contribution in [1.82, 2.24) is 9.80 Å². The summed E-state index contributed by atoms with van der Waals surface area (Å²) in [5, 5.41) is 0. The Morgan fingerprint density at radius 1 is 0.543 bits per heavy atom. The number of carbonyl (C=O) groups excluding carboxylic acids is 2. The maximum atomic E-state index is 12.6. The van der Waals surface area contributed by atoms with Crippen molar-refractivity contribution in [2.24, 2.45) is 11.8 Å². The highest BCUT2D eigenvalue weighted by molar-refractivity contribution is 5.77. The second-order valence-electron chi connectivity index (χ2n) is 15.5. The van der Waals surface area contributed by atoms with Gasteiger partial charge in [0.2, 0.25) is 11.8 Å². The maximum Gasteiger partial charge on any atom is 0.222 e.